The number of aryl methyl sites for hydroxylation is 1. The van der Waals surface area contributed by atoms with E-state index in [2.05, 4.69) is 25.1 Å². The summed E-state index contributed by atoms with van der Waals surface area (Å²) < 4.78 is 5.81. The van der Waals surface area contributed by atoms with Crippen LogP contribution in [0.4, 0.5) is 5.13 Å². The Labute approximate surface area is 133 Å². The van der Waals surface area contributed by atoms with Crippen molar-refractivity contribution in [1.29, 1.82) is 0 Å². The van der Waals surface area contributed by atoms with E-state index in [1.807, 2.05) is 31.2 Å². The Morgan fingerprint density at radius 1 is 1.14 bits per heavy atom. The van der Waals surface area contributed by atoms with Crippen LogP contribution in [0.25, 0.3) is 11.1 Å². The van der Waals surface area contributed by atoms with E-state index >= 15 is 0 Å². The van der Waals surface area contributed by atoms with Crippen molar-refractivity contribution < 1.29 is 4.42 Å². The highest BCUT2D eigenvalue weighted by molar-refractivity contribution is 7.13. The smallest absolute Gasteiger partial charge is 0.209 e. The van der Waals surface area contributed by atoms with Gasteiger partial charge < -0.3 is 9.32 Å². The zero-order valence-corrected chi connectivity index (χ0v) is 13.3. The molecule has 3 heterocycles. The zero-order valence-electron chi connectivity index (χ0n) is 12.5. The predicted molar refractivity (Wildman–Crippen MR) is 88.4 cm³/mol. The molecule has 114 valence electrons. The molecule has 3 aromatic rings. The van der Waals surface area contributed by atoms with Gasteiger partial charge in [-0.05, 0) is 19.1 Å². The standard InChI is InChI=1S/C16H18N4OS/c1-12-11-22-16(17-12)20-8-6-19(7-9-20)10-15-18-13-4-2-3-5-14(13)21-15/h2-5,11H,6-10H2,1H3. The number of aromatic nitrogens is 2. The van der Waals surface area contributed by atoms with E-state index in [-0.39, 0.29) is 0 Å². The number of benzene rings is 1. The first-order chi connectivity index (χ1) is 10.8. The summed E-state index contributed by atoms with van der Waals surface area (Å²) >= 11 is 1.73. The predicted octanol–water partition coefficient (Wildman–Crippen LogP) is 2.91. The number of nitrogens with zero attached hydrogens (tertiary/aromatic N) is 4. The van der Waals surface area contributed by atoms with Crippen LogP contribution < -0.4 is 4.90 Å². The van der Waals surface area contributed by atoms with Crippen LogP contribution in [0.15, 0.2) is 34.1 Å². The van der Waals surface area contributed by atoms with Crippen molar-refractivity contribution in [3.05, 3.63) is 41.2 Å². The molecule has 1 saturated heterocycles. The Kier molecular flexibility index (Phi) is 3.56. The molecule has 0 amide bonds. The lowest BCUT2D eigenvalue weighted by Crippen LogP contribution is -2.46. The monoisotopic (exact) mass is 314 g/mol. The Morgan fingerprint density at radius 3 is 2.68 bits per heavy atom. The molecule has 0 N–H and O–H groups in total. The highest BCUT2D eigenvalue weighted by Crippen LogP contribution is 2.22. The zero-order chi connectivity index (χ0) is 14.9. The Balaban J connectivity index is 1.39. The van der Waals surface area contributed by atoms with E-state index < -0.39 is 0 Å². The lowest BCUT2D eigenvalue weighted by molar-refractivity contribution is 0.228. The normalized spacial score (nSPS) is 16.5. The van der Waals surface area contributed by atoms with Crippen molar-refractivity contribution in [1.82, 2.24) is 14.9 Å². The maximum atomic E-state index is 5.81. The molecule has 0 bridgehead atoms. The fourth-order valence-corrected chi connectivity index (χ4v) is 3.62. The van der Waals surface area contributed by atoms with Crippen LogP contribution in [0.5, 0.6) is 0 Å². The lowest BCUT2D eigenvalue weighted by Gasteiger charge is -2.33. The number of hydrogen-bond acceptors (Lipinski definition) is 6. The fourth-order valence-electron chi connectivity index (χ4n) is 2.76. The first-order valence-corrected chi connectivity index (χ1v) is 8.40. The quantitative estimate of drug-likeness (QED) is 0.744. The summed E-state index contributed by atoms with van der Waals surface area (Å²) in [6.45, 7) is 6.86. The Bertz CT molecular complexity index is 740. The van der Waals surface area contributed by atoms with E-state index in [4.69, 9.17) is 4.42 Å². The summed E-state index contributed by atoms with van der Waals surface area (Å²) in [5.74, 6) is 0.805. The molecule has 0 saturated carbocycles. The average Bonchev–Trinajstić information content (AvgIpc) is 3.13. The second-order valence-electron chi connectivity index (χ2n) is 5.61. The minimum atomic E-state index is 0.777. The summed E-state index contributed by atoms with van der Waals surface area (Å²) in [7, 11) is 0. The molecule has 1 aliphatic rings. The molecular weight excluding hydrogens is 296 g/mol. The molecule has 6 heteroatoms. The van der Waals surface area contributed by atoms with Crippen LogP contribution in [0.1, 0.15) is 11.6 Å². The van der Waals surface area contributed by atoms with Gasteiger partial charge in [0, 0.05) is 31.6 Å². The fraction of sp³-hybridized carbons (Fsp3) is 0.375. The largest absolute Gasteiger partial charge is 0.439 e. The molecule has 1 fully saturated rings. The first-order valence-electron chi connectivity index (χ1n) is 7.52. The maximum Gasteiger partial charge on any atom is 0.209 e. The van der Waals surface area contributed by atoms with Gasteiger partial charge in [0.15, 0.2) is 10.7 Å². The SMILES string of the molecule is Cc1csc(N2CCN(Cc3nc4ccccc4o3)CC2)n1. The average molecular weight is 314 g/mol. The van der Waals surface area contributed by atoms with Gasteiger partial charge in [-0.1, -0.05) is 12.1 Å². The topological polar surface area (TPSA) is 45.4 Å². The summed E-state index contributed by atoms with van der Waals surface area (Å²) in [5.41, 5.74) is 2.91. The number of thiazole rings is 1. The summed E-state index contributed by atoms with van der Waals surface area (Å²) in [6, 6.07) is 7.93. The third kappa shape index (κ3) is 2.71. The van der Waals surface area contributed by atoms with E-state index in [1.165, 1.54) is 0 Å². The van der Waals surface area contributed by atoms with Crippen molar-refractivity contribution in [2.45, 2.75) is 13.5 Å². The molecule has 4 rings (SSSR count). The van der Waals surface area contributed by atoms with Crippen LogP contribution in [0, 0.1) is 6.92 Å². The minimum absolute atomic E-state index is 0.777. The number of piperazine rings is 1. The molecule has 22 heavy (non-hydrogen) atoms. The molecular formula is C16H18N4OS. The van der Waals surface area contributed by atoms with Crippen molar-refractivity contribution in [2.24, 2.45) is 0 Å². The number of para-hydroxylation sites is 2. The maximum absolute atomic E-state index is 5.81. The van der Waals surface area contributed by atoms with Crippen LogP contribution in [-0.2, 0) is 6.54 Å². The molecule has 0 unspecified atom stereocenters. The van der Waals surface area contributed by atoms with Crippen LogP contribution >= 0.6 is 11.3 Å². The van der Waals surface area contributed by atoms with E-state index in [1.54, 1.807) is 11.3 Å². The summed E-state index contributed by atoms with van der Waals surface area (Å²) in [5, 5.41) is 3.25. The highest BCUT2D eigenvalue weighted by Gasteiger charge is 2.20. The second kappa shape index (κ2) is 5.70. The van der Waals surface area contributed by atoms with Crippen LogP contribution in [0.3, 0.4) is 0 Å². The van der Waals surface area contributed by atoms with Crippen molar-refractivity contribution in [2.75, 3.05) is 31.1 Å². The Morgan fingerprint density at radius 2 is 1.95 bits per heavy atom. The number of rotatable bonds is 3. The third-order valence-electron chi connectivity index (χ3n) is 3.95. The molecule has 0 radical (unpaired) electrons. The van der Waals surface area contributed by atoms with Gasteiger partial charge in [-0.3, -0.25) is 4.90 Å². The van der Waals surface area contributed by atoms with Gasteiger partial charge >= 0.3 is 0 Å². The van der Waals surface area contributed by atoms with Crippen molar-refractivity contribution >= 4 is 27.6 Å². The van der Waals surface area contributed by atoms with Gasteiger partial charge in [-0.25, -0.2) is 9.97 Å². The van der Waals surface area contributed by atoms with E-state index in [0.717, 1.165) is 60.5 Å². The second-order valence-corrected chi connectivity index (χ2v) is 6.45. The summed E-state index contributed by atoms with van der Waals surface area (Å²) in [6.07, 6.45) is 0. The van der Waals surface area contributed by atoms with Crippen molar-refractivity contribution in [3.8, 4) is 0 Å². The van der Waals surface area contributed by atoms with E-state index in [0.29, 0.717) is 0 Å². The van der Waals surface area contributed by atoms with Gasteiger partial charge in [0.05, 0.1) is 12.2 Å². The van der Waals surface area contributed by atoms with Crippen molar-refractivity contribution in [3.63, 3.8) is 0 Å². The highest BCUT2D eigenvalue weighted by atomic mass is 32.1. The molecule has 5 nitrogen and oxygen atoms in total. The van der Waals surface area contributed by atoms with E-state index in [9.17, 15) is 0 Å². The van der Waals surface area contributed by atoms with Gasteiger partial charge in [-0.2, -0.15) is 0 Å². The molecule has 0 aliphatic carbocycles. The molecule has 1 aliphatic heterocycles. The molecule has 2 aromatic heterocycles. The summed E-state index contributed by atoms with van der Waals surface area (Å²) in [4.78, 5) is 13.9. The molecule has 0 atom stereocenters. The number of fused-ring (bicyclic) bond motifs is 1. The van der Waals surface area contributed by atoms with Gasteiger partial charge in [0.1, 0.15) is 5.52 Å². The molecule has 1 aromatic carbocycles. The van der Waals surface area contributed by atoms with Crippen LogP contribution in [-0.4, -0.2) is 41.0 Å². The van der Waals surface area contributed by atoms with Crippen LogP contribution in [0.2, 0.25) is 0 Å². The van der Waals surface area contributed by atoms with Gasteiger partial charge in [0.2, 0.25) is 5.89 Å². The number of oxazole rings is 1. The first kappa shape index (κ1) is 13.7. The molecule has 0 spiro atoms. The van der Waals surface area contributed by atoms with Gasteiger partial charge in [-0.15, -0.1) is 11.3 Å². The third-order valence-corrected chi connectivity index (χ3v) is 4.97. The van der Waals surface area contributed by atoms with Gasteiger partial charge in [0.25, 0.3) is 0 Å². The lowest BCUT2D eigenvalue weighted by atomic mass is 10.3. The number of hydrogen-bond donors (Lipinski definition) is 0. The Hall–Kier alpha value is -1.92. The minimum Gasteiger partial charge on any atom is -0.439 e. The number of anilines is 1.